The number of nitriles is 1. The predicted molar refractivity (Wildman–Crippen MR) is 104 cm³/mol. The smallest absolute Gasteiger partial charge is 0.119 e. The minimum atomic E-state index is 0.642. The zero-order chi connectivity index (χ0) is 17.5. The molecule has 0 spiro atoms. The predicted octanol–water partition coefficient (Wildman–Crippen LogP) is 6.05. The highest BCUT2D eigenvalue weighted by Crippen LogP contribution is 2.24. The fourth-order valence-corrected chi connectivity index (χ4v) is 3.19. The number of thioether (sulfide) groups is 1. The van der Waals surface area contributed by atoms with Crippen molar-refractivity contribution in [2.24, 2.45) is 0 Å². The Morgan fingerprint density at radius 1 is 0.840 bits per heavy atom. The Morgan fingerprint density at radius 2 is 1.44 bits per heavy atom. The van der Waals surface area contributed by atoms with Gasteiger partial charge in [-0.25, -0.2) is 0 Å². The molecule has 0 heterocycles. The first-order chi connectivity index (χ1) is 12.2. The van der Waals surface area contributed by atoms with Crippen LogP contribution in [0.1, 0.15) is 5.56 Å². The average molecular weight is 366 g/mol. The van der Waals surface area contributed by atoms with E-state index in [1.807, 2.05) is 72.8 Å². The minimum Gasteiger partial charge on any atom is -0.493 e. The zero-order valence-electron chi connectivity index (χ0n) is 13.5. The lowest BCUT2D eigenvalue weighted by molar-refractivity contribution is 0.344. The van der Waals surface area contributed by atoms with Crippen LogP contribution in [0.2, 0.25) is 5.02 Å². The molecule has 0 saturated heterocycles. The maximum absolute atomic E-state index is 8.85. The zero-order valence-corrected chi connectivity index (χ0v) is 15.1. The maximum Gasteiger partial charge on any atom is 0.119 e. The molecule has 0 bridgehead atoms. The summed E-state index contributed by atoms with van der Waals surface area (Å²) in [5, 5.41) is 9.60. The summed E-state index contributed by atoms with van der Waals surface area (Å²) in [6.07, 6.45) is 0. The van der Waals surface area contributed by atoms with E-state index in [-0.39, 0.29) is 0 Å². The van der Waals surface area contributed by atoms with E-state index >= 15 is 0 Å². The van der Waals surface area contributed by atoms with Gasteiger partial charge in [-0.15, -0.1) is 11.8 Å². The number of nitrogens with zero attached hydrogens (tertiary/aromatic N) is 1. The standard InChI is InChI=1S/C21H16ClNOS/c22-19-7-11-21(12-8-19)25-14-13-24-20-9-5-18(6-10-20)17-3-1-16(15-23)2-4-17/h1-12H,13-14H2. The maximum atomic E-state index is 8.85. The Kier molecular flexibility index (Phi) is 6.00. The normalized spacial score (nSPS) is 10.2. The monoisotopic (exact) mass is 365 g/mol. The van der Waals surface area contributed by atoms with Crippen molar-refractivity contribution >= 4 is 23.4 Å². The van der Waals surface area contributed by atoms with Crippen molar-refractivity contribution in [3.05, 3.63) is 83.4 Å². The molecule has 0 aliphatic rings. The molecule has 25 heavy (non-hydrogen) atoms. The second-order valence-corrected chi connectivity index (χ2v) is 6.97. The molecule has 0 fully saturated rings. The molecule has 2 nitrogen and oxygen atoms in total. The van der Waals surface area contributed by atoms with Gasteiger partial charge >= 0.3 is 0 Å². The second kappa shape index (κ2) is 8.62. The van der Waals surface area contributed by atoms with Crippen molar-refractivity contribution < 1.29 is 4.74 Å². The third-order valence-corrected chi connectivity index (χ3v) is 4.86. The van der Waals surface area contributed by atoms with Crippen LogP contribution in [-0.4, -0.2) is 12.4 Å². The average Bonchev–Trinajstić information content (AvgIpc) is 2.67. The van der Waals surface area contributed by atoms with Gasteiger partial charge in [-0.1, -0.05) is 35.9 Å². The molecular formula is C21H16ClNOS. The molecule has 124 valence electrons. The van der Waals surface area contributed by atoms with Crippen LogP contribution in [0.4, 0.5) is 0 Å². The Bertz CT molecular complexity index is 852. The van der Waals surface area contributed by atoms with Crippen molar-refractivity contribution in [2.45, 2.75) is 4.90 Å². The van der Waals surface area contributed by atoms with E-state index in [4.69, 9.17) is 21.6 Å². The lowest BCUT2D eigenvalue weighted by Gasteiger charge is -2.08. The highest BCUT2D eigenvalue weighted by atomic mass is 35.5. The van der Waals surface area contributed by atoms with Gasteiger partial charge < -0.3 is 4.74 Å². The summed E-state index contributed by atoms with van der Waals surface area (Å²) < 4.78 is 5.79. The van der Waals surface area contributed by atoms with Crippen LogP contribution < -0.4 is 4.74 Å². The highest BCUT2D eigenvalue weighted by Gasteiger charge is 2.00. The van der Waals surface area contributed by atoms with Crippen molar-refractivity contribution in [1.82, 2.24) is 0 Å². The molecule has 0 N–H and O–H groups in total. The fourth-order valence-electron chi connectivity index (χ4n) is 2.33. The molecule has 0 amide bonds. The van der Waals surface area contributed by atoms with Crippen LogP contribution in [-0.2, 0) is 0 Å². The molecule has 0 aliphatic carbocycles. The SMILES string of the molecule is N#Cc1ccc(-c2ccc(OCCSc3ccc(Cl)cc3)cc2)cc1. The van der Waals surface area contributed by atoms with E-state index in [1.165, 1.54) is 4.90 Å². The van der Waals surface area contributed by atoms with Gasteiger partial charge in [0.05, 0.1) is 18.2 Å². The first kappa shape index (κ1) is 17.4. The number of hydrogen-bond donors (Lipinski definition) is 0. The van der Waals surface area contributed by atoms with E-state index in [0.717, 1.165) is 27.7 Å². The first-order valence-electron chi connectivity index (χ1n) is 7.86. The molecule has 0 atom stereocenters. The summed E-state index contributed by atoms with van der Waals surface area (Å²) in [5.41, 5.74) is 2.86. The number of rotatable bonds is 6. The Morgan fingerprint density at radius 3 is 2.04 bits per heavy atom. The first-order valence-corrected chi connectivity index (χ1v) is 9.23. The van der Waals surface area contributed by atoms with Gasteiger partial charge in [-0.05, 0) is 59.7 Å². The van der Waals surface area contributed by atoms with Crippen LogP contribution in [0.15, 0.2) is 77.7 Å². The molecule has 0 aliphatic heterocycles. The summed E-state index contributed by atoms with van der Waals surface area (Å²) in [6.45, 7) is 0.642. The van der Waals surface area contributed by atoms with Crippen LogP contribution >= 0.6 is 23.4 Å². The highest BCUT2D eigenvalue weighted by molar-refractivity contribution is 7.99. The molecule has 3 aromatic carbocycles. The fraction of sp³-hybridized carbons (Fsp3) is 0.0952. The summed E-state index contributed by atoms with van der Waals surface area (Å²) in [5.74, 6) is 1.73. The van der Waals surface area contributed by atoms with Gasteiger partial charge in [0.2, 0.25) is 0 Å². The number of halogens is 1. The van der Waals surface area contributed by atoms with Crippen molar-refractivity contribution in [3.63, 3.8) is 0 Å². The quantitative estimate of drug-likeness (QED) is 0.393. The molecule has 0 radical (unpaired) electrons. The van der Waals surface area contributed by atoms with Crippen LogP contribution in [0, 0.1) is 11.3 Å². The summed E-state index contributed by atoms with van der Waals surface area (Å²) in [6, 6.07) is 25.5. The van der Waals surface area contributed by atoms with Gasteiger partial charge in [-0.3, -0.25) is 0 Å². The van der Waals surface area contributed by atoms with E-state index in [1.54, 1.807) is 11.8 Å². The number of ether oxygens (including phenoxy) is 1. The molecule has 0 aromatic heterocycles. The third kappa shape index (κ3) is 5.03. The van der Waals surface area contributed by atoms with Crippen molar-refractivity contribution in [3.8, 4) is 22.9 Å². The molecule has 4 heteroatoms. The molecular weight excluding hydrogens is 350 g/mol. The van der Waals surface area contributed by atoms with Gasteiger partial charge in [-0.2, -0.15) is 5.26 Å². The van der Waals surface area contributed by atoms with Gasteiger partial charge in [0.1, 0.15) is 5.75 Å². The molecule has 0 saturated carbocycles. The van der Waals surface area contributed by atoms with Crippen LogP contribution in [0.5, 0.6) is 5.75 Å². The number of hydrogen-bond acceptors (Lipinski definition) is 3. The molecule has 0 unspecified atom stereocenters. The summed E-state index contributed by atoms with van der Waals surface area (Å²) >= 11 is 7.62. The topological polar surface area (TPSA) is 33.0 Å². The molecule has 3 rings (SSSR count). The minimum absolute atomic E-state index is 0.642. The summed E-state index contributed by atoms with van der Waals surface area (Å²) in [4.78, 5) is 1.18. The van der Waals surface area contributed by atoms with E-state index < -0.39 is 0 Å². The third-order valence-electron chi connectivity index (χ3n) is 3.64. The van der Waals surface area contributed by atoms with Crippen LogP contribution in [0.3, 0.4) is 0 Å². The second-order valence-electron chi connectivity index (χ2n) is 5.36. The van der Waals surface area contributed by atoms with E-state index in [2.05, 4.69) is 6.07 Å². The summed E-state index contributed by atoms with van der Waals surface area (Å²) in [7, 11) is 0. The Labute approximate surface area is 157 Å². The van der Waals surface area contributed by atoms with Gasteiger partial charge in [0, 0.05) is 15.7 Å². The van der Waals surface area contributed by atoms with Gasteiger partial charge in [0.15, 0.2) is 0 Å². The lowest BCUT2D eigenvalue weighted by atomic mass is 10.0. The number of benzene rings is 3. The van der Waals surface area contributed by atoms with E-state index in [0.29, 0.717) is 12.2 Å². The van der Waals surface area contributed by atoms with Crippen molar-refractivity contribution in [1.29, 1.82) is 5.26 Å². The van der Waals surface area contributed by atoms with Crippen LogP contribution in [0.25, 0.3) is 11.1 Å². The van der Waals surface area contributed by atoms with E-state index in [9.17, 15) is 0 Å². The molecule has 3 aromatic rings. The van der Waals surface area contributed by atoms with Crippen molar-refractivity contribution in [2.75, 3.05) is 12.4 Å². The largest absolute Gasteiger partial charge is 0.493 e. The van der Waals surface area contributed by atoms with Gasteiger partial charge in [0.25, 0.3) is 0 Å². The lowest BCUT2D eigenvalue weighted by Crippen LogP contribution is -1.99. The Hall–Kier alpha value is -2.41. The Balaban J connectivity index is 1.50.